The number of urea groups is 1. The van der Waals surface area contributed by atoms with Gasteiger partial charge in [0.2, 0.25) is 5.01 Å². The minimum Gasteiger partial charge on any atom is -1.00 e. The van der Waals surface area contributed by atoms with Gasteiger partial charge in [-0.15, -0.1) is 5.10 Å². The molecule has 0 N–H and O–H groups in total. The van der Waals surface area contributed by atoms with Crippen LogP contribution in [0.25, 0.3) is 0 Å². The number of hydroxylamine groups is 2. The van der Waals surface area contributed by atoms with Crippen molar-refractivity contribution in [3.05, 3.63) is 10.2 Å². The van der Waals surface area contributed by atoms with Crippen LogP contribution >= 0.6 is 11.3 Å². The maximum absolute atomic E-state index is 12.5. The maximum atomic E-state index is 12.5. The topological polar surface area (TPSA) is 69.2 Å². The number of carbonyl (C=O) groups excluding carboxylic acids is 1. The zero-order valence-electron chi connectivity index (χ0n) is 12.7. The normalized spacial score (nSPS) is 22.5. The van der Waals surface area contributed by atoms with Crippen LogP contribution in [0.2, 0.25) is 0 Å². The predicted molar refractivity (Wildman–Crippen MR) is 67.9 cm³/mol. The van der Waals surface area contributed by atoms with E-state index in [1.807, 2.05) is 6.92 Å². The first-order valence-electron chi connectivity index (χ1n) is 6.09. The van der Waals surface area contributed by atoms with Crippen LogP contribution in [0.5, 0.6) is 0 Å². The number of nitrogens with zero attached hydrogens (tertiary/aromatic N) is 4. The molecule has 0 bridgehead atoms. The fraction of sp³-hybridized carbons (Fsp3) is 0.700. The zero-order valence-corrected chi connectivity index (χ0v) is 15.6. The van der Waals surface area contributed by atoms with E-state index in [1.165, 1.54) is 4.90 Å². The molecule has 1 unspecified atom stereocenters. The number of carbonyl (C=O) groups is 1. The van der Waals surface area contributed by atoms with Gasteiger partial charge in [0, 0.05) is 6.54 Å². The third-order valence-corrected chi connectivity index (χ3v) is 4.08. The number of unbranched alkanes of at least 4 members (excludes halogenated alkanes) is 1. The van der Waals surface area contributed by atoms with Gasteiger partial charge in [-0.1, -0.05) is 18.4 Å². The number of aromatic nitrogens is 2. The van der Waals surface area contributed by atoms with Gasteiger partial charge in [-0.25, -0.2) is 9.44 Å². The van der Waals surface area contributed by atoms with Crippen molar-refractivity contribution < 1.29 is 70.8 Å². The molecule has 2 amide bonds. The Morgan fingerprint density at radius 1 is 1.48 bits per heavy atom. The third kappa shape index (κ3) is 4.02. The van der Waals surface area contributed by atoms with Crippen LogP contribution in [0.4, 0.5) is 23.1 Å². The van der Waals surface area contributed by atoms with E-state index < -0.39 is 27.0 Å². The van der Waals surface area contributed by atoms with Gasteiger partial charge in [0.1, 0.15) is 6.54 Å². The second kappa shape index (κ2) is 7.30. The van der Waals surface area contributed by atoms with Gasteiger partial charge >= 0.3 is 68.7 Å². The van der Waals surface area contributed by atoms with E-state index in [-0.39, 0.29) is 77.2 Å². The third-order valence-electron chi connectivity index (χ3n) is 3.01. The van der Waals surface area contributed by atoms with Gasteiger partial charge < -0.3 is 6.63 Å². The van der Waals surface area contributed by atoms with Crippen molar-refractivity contribution in [2.45, 2.75) is 25.9 Å². The van der Waals surface area contributed by atoms with Crippen molar-refractivity contribution in [3.8, 4) is 0 Å². The first-order chi connectivity index (χ1) is 9.29. The van der Waals surface area contributed by atoms with E-state index in [0.29, 0.717) is 6.54 Å². The Bertz CT molecular complexity index is 519. The minimum absolute atomic E-state index is 0. The summed E-state index contributed by atoms with van der Waals surface area (Å²) in [5.74, 6) is 0. The van der Waals surface area contributed by atoms with Crippen LogP contribution < -0.4 is 56.0 Å². The molecule has 1 aliphatic heterocycles. The predicted octanol–water partition coefficient (Wildman–Crippen LogP) is -0.286. The average molecular weight is 350 g/mol. The minimum atomic E-state index is -4.65. The number of amides is 2. The summed E-state index contributed by atoms with van der Waals surface area (Å²) in [6, 6.07) is -0.761. The fourth-order valence-corrected chi connectivity index (χ4v) is 2.66. The molecule has 1 aromatic rings. The molecule has 1 aliphatic rings. The molecule has 1 fully saturated rings. The van der Waals surface area contributed by atoms with E-state index in [2.05, 4.69) is 10.2 Å². The molecule has 114 valence electrons. The van der Waals surface area contributed by atoms with Gasteiger partial charge in [-0.3, -0.25) is 4.90 Å². The molecule has 21 heavy (non-hydrogen) atoms. The summed E-state index contributed by atoms with van der Waals surface area (Å²) < 4.78 is 35.9. The van der Waals surface area contributed by atoms with Crippen molar-refractivity contribution in [2.75, 3.05) is 19.6 Å². The monoisotopic (exact) mass is 350 g/mol. The number of alkyl halides is 3. The first-order valence-corrected chi connectivity index (χ1v) is 6.90. The smallest absolute Gasteiger partial charge is 1.00 e. The van der Waals surface area contributed by atoms with Crippen LogP contribution in [0.15, 0.2) is 0 Å². The zero-order chi connectivity index (χ0) is 15.0. The second-order valence-corrected chi connectivity index (χ2v) is 5.43. The first kappa shape index (κ1) is 19.4. The molecule has 0 radical (unpaired) electrons. The number of quaternary nitrogens is 1. The summed E-state index contributed by atoms with van der Waals surface area (Å²) in [7, 11) is 0. The van der Waals surface area contributed by atoms with E-state index in [0.717, 1.165) is 12.8 Å². The summed E-state index contributed by atoms with van der Waals surface area (Å²) in [4.78, 5) is 13.4. The largest absolute Gasteiger partial charge is 1.00 e. The Morgan fingerprint density at radius 2 is 2.14 bits per heavy atom. The average Bonchev–Trinajstić information content (AvgIpc) is 2.96. The Hall–Kier alpha value is 0.376. The summed E-state index contributed by atoms with van der Waals surface area (Å²) >= 11 is 0.131. The molecular weight excluding hydrogens is 336 g/mol. The Labute approximate surface area is 167 Å². The van der Waals surface area contributed by atoms with Crippen molar-refractivity contribution in [3.63, 3.8) is 0 Å². The molecule has 2 rings (SSSR count). The Kier molecular flexibility index (Phi) is 6.75. The summed E-state index contributed by atoms with van der Waals surface area (Å²) in [5, 5.41) is 17.0. The van der Waals surface area contributed by atoms with Gasteiger partial charge in [0.15, 0.2) is 0 Å². The van der Waals surface area contributed by atoms with Gasteiger partial charge in [0.25, 0.3) is 0 Å². The van der Waals surface area contributed by atoms with Crippen LogP contribution in [0.3, 0.4) is 0 Å². The van der Waals surface area contributed by atoms with Crippen LogP contribution in [-0.2, 0) is 6.18 Å². The quantitative estimate of drug-likeness (QED) is 0.425. The van der Waals surface area contributed by atoms with Crippen LogP contribution in [0, 0.1) is 5.21 Å². The molecule has 0 spiro atoms. The van der Waals surface area contributed by atoms with E-state index in [1.54, 1.807) is 0 Å². The standard InChI is InChI=1S/C10H13F3N4O2S.K.H/c1-2-3-4-16-5-6-17(19,9(16)18)8-15-14-7(20-8)10(11,12)13;;/h2-6H2,1H3;;/q;+1;-1. The maximum Gasteiger partial charge on any atom is 1.00 e. The number of halogens is 3. The fourth-order valence-electron chi connectivity index (χ4n) is 1.89. The van der Waals surface area contributed by atoms with E-state index in [9.17, 15) is 23.2 Å². The molecule has 0 aromatic carbocycles. The molecular formula is C10H14F3KN4O2S. The van der Waals surface area contributed by atoms with Crippen molar-refractivity contribution in [2.24, 2.45) is 0 Å². The number of hydrogen-bond donors (Lipinski definition) is 0. The molecule has 1 saturated heterocycles. The van der Waals surface area contributed by atoms with Gasteiger partial charge in [-0.2, -0.15) is 13.2 Å². The van der Waals surface area contributed by atoms with E-state index >= 15 is 0 Å². The SMILES string of the molecule is CCCCN1CC[N+]([O-])(c2nnc(C(F)(F)F)s2)C1=O.[H-].[K+]. The van der Waals surface area contributed by atoms with Crippen molar-refractivity contribution >= 4 is 22.5 Å². The number of hydrogen-bond acceptors (Lipinski definition) is 5. The molecule has 0 aliphatic carbocycles. The van der Waals surface area contributed by atoms with Gasteiger partial charge in [0.05, 0.1) is 6.54 Å². The Balaban J connectivity index is 0.00000220. The van der Waals surface area contributed by atoms with Crippen molar-refractivity contribution in [1.82, 2.24) is 19.7 Å². The summed E-state index contributed by atoms with van der Waals surface area (Å²) in [6.07, 6.45) is -3.05. The van der Waals surface area contributed by atoms with Crippen LogP contribution in [0.1, 0.15) is 26.2 Å². The summed E-state index contributed by atoms with van der Waals surface area (Å²) in [6.45, 7) is 2.47. The van der Waals surface area contributed by atoms with Crippen molar-refractivity contribution in [1.29, 1.82) is 0 Å². The molecule has 6 nitrogen and oxygen atoms in total. The summed E-state index contributed by atoms with van der Waals surface area (Å²) in [5.41, 5.74) is 0. The molecule has 0 saturated carbocycles. The molecule has 11 heteroatoms. The molecule has 2 heterocycles. The van der Waals surface area contributed by atoms with Gasteiger partial charge in [-0.05, 0) is 17.8 Å². The van der Waals surface area contributed by atoms with Crippen LogP contribution in [-0.4, -0.2) is 40.8 Å². The Morgan fingerprint density at radius 3 is 2.67 bits per heavy atom. The second-order valence-electron chi connectivity index (χ2n) is 4.47. The number of rotatable bonds is 4. The molecule has 1 atom stereocenters. The van der Waals surface area contributed by atoms with E-state index in [4.69, 9.17) is 0 Å². The molecule has 1 aromatic heterocycles.